The first-order chi connectivity index (χ1) is 16.7. The van der Waals surface area contributed by atoms with Crippen LogP contribution in [0.1, 0.15) is 10.4 Å². The summed E-state index contributed by atoms with van der Waals surface area (Å²) in [6, 6.07) is 7.54. The molecule has 0 spiro atoms. The highest BCUT2D eigenvalue weighted by Gasteiger charge is 2.25. The van der Waals surface area contributed by atoms with Gasteiger partial charge in [-0.1, -0.05) is 0 Å². The van der Waals surface area contributed by atoms with Gasteiger partial charge in [-0.05, 0) is 18.2 Å². The van der Waals surface area contributed by atoms with Gasteiger partial charge in [-0.25, -0.2) is 19.9 Å². The summed E-state index contributed by atoms with van der Waals surface area (Å²) >= 11 is 0. The molecule has 1 saturated heterocycles. The number of benzene rings is 1. The molecule has 0 aliphatic carbocycles. The summed E-state index contributed by atoms with van der Waals surface area (Å²) in [5.74, 6) is 2.47. The summed E-state index contributed by atoms with van der Waals surface area (Å²) in [4.78, 5) is 38.6. The molecule has 34 heavy (non-hydrogen) atoms. The molecule has 0 radical (unpaired) electrons. The van der Waals surface area contributed by atoms with E-state index >= 15 is 0 Å². The first-order valence-electron chi connectivity index (χ1n) is 10.8. The van der Waals surface area contributed by atoms with Crippen LogP contribution in [0.4, 0.5) is 5.82 Å². The Morgan fingerprint density at radius 2 is 1.65 bits per heavy atom. The minimum Gasteiger partial charge on any atom is -0.493 e. The van der Waals surface area contributed by atoms with Crippen molar-refractivity contribution in [3.8, 4) is 22.9 Å². The molecule has 1 aromatic carbocycles. The monoisotopic (exact) mass is 457 g/mol. The number of nitrogens with zero attached hydrogens (tertiary/aromatic N) is 7. The second-order valence-electron chi connectivity index (χ2n) is 7.74. The molecule has 4 aromatic rings. The highest BCUT2D eigenvalue weighted by Crippen LogP contribution is 2.36. The second kappa shape index (κ2) is 9.26. The smallest absolute Gasteiger partial charge is 0.257 e. The number of fused-ring (bicyclic) bond motifs is 1. The Balaban J connectivity index is 1.51. The number of carbonyl (C=O) groups is 1. The number of anilines is 1. The Morgan fingerprint density at radius 1 is 0.912 bits per heavy atom. The largest absolute Gasteiger partial charge is 0.493 e. The van der Waals surface area contributed by atoms with Crippen LogP contribution in [0.25, 0.3) is 22.3 Å². The number of rotatable bonds is 5. The SMILES string of the molecule is COc1cc2nc(-c3cccnc3)nc(N3CCN(C(=O)c4cncnc4)CC3)c2cc1OC. The van der Waals surface area contributed by atoms with Crippen molar-refractivity contribution in [2.24, 2.45) is 0 Å². The molecule has 0 atom stereocenters. The molecule has 0 N–H and O–H groups in total. The number of pyridine rings is 1. The van der Waals surface area contributed by atoms with E-state index in [2.05, 4.69) is 19.9 Å². The van der Waals surface area contributed by atoms with Gasteiger partial charge in [-0.15, -0.1) is 0 Å². The number of piperazine rings is 1. The van der Waals surface area contributed by atoms with Gasteiger partial charge in [-0.3, -0.25) is 9.78 Å². The zero-order valence-corrected chi connectivity index (χ0v) is 18.9. The topological polar surface area (TPSA) is 106 Å². The number of carbonyl (C=O) groups excluding carboxylic acids is 1. The lowest BCUT2D eigenvalue weighted by Gasteiger charge is -2.36. The minimum absolute atomic E-state index is 0.0738. The van der Waals surface area contributed by atoms with E-state index < -0.39 is 0 Å². The Kier molecular flexibility index (Phi) is 5.86. The molecule has 10 nitrogen and oxygen atoms in total. The molecule has 1 aliphatic heterocycles. The standard InChI is InChI=1S/C24H23N7O3/c1-33-20-10-18-19(11-21(20)34-2)28-22(16-4-3-5-25-12-16)29-23(18)30-6-8-31(9-7-30)24(32)17-13-26-15-27-14-17/h3-5,10-15H,6-9H2,1-2H3. The van der Waals surface area contributed by atoms with Gasteiger partial charge in [0, 0.05) is 68.0 Å². The molecule has 0 unspecified atom stereocenters. The Labute approximate surface area is 196 Å². The zero-order chi connectivity index (χ0) is 23.5. The van der Waals surface area contributed by atoms with Gasteiger partial charge in [0.05, 0.1) is 25.3 Å². The minimum atomic E-state index is -0.0738. The molecule has 172 valence electrons. The number of hydrogen-bond acceptors (Lipinski definition) is 9. The molecule has 5 rings (SSSR count). The van der Waals surface area contributed by atoms with Gasteiger partial charge >= 0.3 is 0 Å². The third kappa shape index (κ3) is 4.05. The lowest BCUT2D eigenvalue weighted by Crippen LogP contribution is -2.49. The van der Waals surface area contributed by atoms with Crippen LogP contribution in [0, 0.1) is 0 Å². The summed E-state index contributed by atoms with van der Waals surface area (Å²) in [6.07, 6.45) is 7.95. The number of methoxy groups -OCH3 is 2. The van der Waals surface area contributed by atoms with E-state index in [4.69, 9.17) is 19.4 Å². The van der Waals surface area contributed by atoms with Crippen molar-refractivity contribution in [2.45, 2.75) is 0 Å². The van der Waals surface area contributed by atoms with Crippen LogP contribution < -0.4 is 14.4 Å². The molecule has 0 saturated carbocycles. The molecule has 4 heterocycles. The third-order valence-electron chi connectivity index (χ3n) is 5.77. The number of aromatic nitrogens is 5. The van der Waals surface area contributed by atoms with Crippen molar-refractivity contribution >= 4 is 22.6 Å². The van der Waals surface area contributed by atoms with Crippen LogP contribution in [0.3, 0.4) is 0 Å². The van der Waals surface area contributed by atoms with Crippen LogP contribution in [0.15, 0.2) is 55.4 Å². The van der Waals surface area contributed by atoms with Crippen molar-refractivity contribution in [3.05, 3.63) is 60.9 Å². The maximum atomic E-state index is 12.8. The van der Waals surface area contributed by atoms with Crippen LogP contribution >= 0.6 is 0 Å². The Hall–Kier alpha value is -4.34. The fourth-order valence-electron chi connectivity index (χ4n) is 4.02. The van der Waals surface area contributed by atoms with E-state index in [9.17, 15) is 4.79 Å². The van der Waals surface area contributed by atoms with E-state index in [1.165, 1.54) is 6.33 Å². The van der Waals surface area contributed by atoms with Gasteiger partial charge in [0.15, 0.2) is 17.3 Å². The number of ether oxygens (including phenoxy) is 2. The highest BCUT2D eigenvalue weighted by atomic mass is 16.5. The van der Waals surface area contributed by atoms with E-state index in [0.717, 1.165) is 22.3 Å². The second-order valence-corrected chi connectivity index (χ2v) is 7.74. The van der Waals surface area contributed by atoms with Gasteiger partial charge in [0.1, 0.15) is 12.1 Å². The maximum Gasteiger partial charge on any atom is 0.257 e. The van der Waals surface area contributed by atoms with Crippen LogP contribution in [-0.2, 0) is 0 Å². The lowest BCUT2D eigenvalue weighted by molar-refractivity contribution is 0.0745. The van der Waals surface area contributed by atoms with E-state index in [1.54, 1.807) is 39.0 Å². The van der Waals surface area contributed by atoms with Crippen molar-refractivity contribution in [1.29, 1.82) is 0 Å². The van der Waals surface area contributed by atoms with Gasteiger partial charge in [-0.2, -0.15) is 0 Å². The van der Waals surface area contributed by atoms with Crippen molar-refractivity contribution in [1.82, 2.24) is 29.8 Å². The molecular formula is C24H23N7O3. The van der Waals surface area contributed by atoms with Gasteiger partial charge in [0.2, 0.25) is 0 Å². The average molecular weight is 457 g/mol. The predicted molar refractivity (Wildman–Crippen MR) is 126 cm³/mol. The number of hydrogen-bond donors (Lipinski definition) is 0. The average Bonchev–Trinajstić information content (AvgIpc) is 2.92. The summed E-state index contributed by atoms with van der Waals surface area (Å²) < 4.78 is 11.0. The highest BCUT2D eigenvalue weighted by molar-refractivity contribution is 5.95. The molecule has 3 aromatic heterocycles. The molecule has 0 bridgehead atoms. The van der Waals surface area contributed by atoms with Gasteiger partial charge in [0.25, 0.3) is 5.91 Å². The van der Waals surface area contributed by atoms with Crippen LogP contribution in [0.2, 0.25) is 0 Å². The van der Waals surface area contributed by atoms with E-state index in [-0.39, 0.29) is 5.91 Å². The van der Waals surface area contributed by atoms with Gasteiger partial charge < -0.3 is 19.3 Å². The fraction of sp³-hybridized carbons (Fsp3) is 0.250. The zero-order valence-electron chi connectivity index (χ0n) is 18.9. The summed E-state index contributed by atoms with van der Waals surface area (Å²) in [6.45, 7) is 2.34. The molecule has 1 aliphatic rings. The number of amides is 1. The Morgan fingerprint density at radius 3 is 2.32 bits per heavy atom. The molecule has 1 amide bonds. The van der Waals surface area contributed by atoms with Crippen molar-refractivity contribution < 1.29 is 14.3 Å². The van der Waals surface area contributed by atoms with Crippen LogP contribution in [-0.4, -0.2) is 76.1 Å². The van der Waals surface area contributed by atoms with Crippen molar-refractivity contribution in [3.63, 3.8) is 0 Å². The maximum absolute atomic E-state index is 12.8. The molecular weight excluding hydrogens is 434 g/mol. The Bertz CT molecular complexity index is 1310. The fourth-order valence-corrected chi connectivity index (χ4v) is 4.02. The summed E-state index contributed by atoms with van der Waals surface area (Å²) in [5.41, 5.74) is 2.04. The predicted octanol–water partition coefficient (Wildman–Crippen LogP) is 2.46. The molecule has 10 heteroatoms. The van der Waals surface area contributed by atoms with E-state index in [0.29, 0.717) is 49.1 Å². The first kappa shape index (κ1) is 21.5. The van der Waals surface area contributed by atoms with Crippen molar-refractivity contribution in [2.75, 3.05) is 45.3 Å². The summed E-state index contributed by atoms with van der Waals surface area (Å²) in [5, 5.41) is 0.849. The molecule has 1 fully saturated rings. The van der Waals surface area contributed by atoms with E-state index in [1.807, 2.05) is 29.2 Å². The lowest BCUT2D eigenvalue weighted by atomic mass is 10.1. The first-order valence-corrected chi connectivity index (χ1v) is 10.8. The quantitative estimate of drug-likeness (QED) is 0.447. The summed E-state index contributed by atoms with van der Waals surface area (Å²) in [7, 11) is 3.20. The third-order valence-corrected chi connectivity index (χ3v) is 5.77. The normalized spacial score (nSPS) is 13.7. The van der Waals surface area contributed by atoms with Crippen LogP contribution in [0.5, 0.6) is 11.5 Å².